The molecule has 0 saturated carbocycles. The molecule has 164 valence electrons. The van der Waals surface area contributed by atoms with Gasteiger partial charge in [0.15, 0.2) is 9.84 Å². The Hall–Kier alpha value is -2.23. The molecule has 0 spiro atoms. The van der Waals surface area contributed by atoms with Gasteiger partial charge in [-0.25, -0.2) is 22.2 Å². The van der Waals surface area contributed by atoms with Crippen LogP contribution in [0.2, 0.25) is 0 Å². The number of benzene rings is 2. The molecule has 0 aliphatic carbocycles. The zero-order chi connectivity index (χ0) is 22.0. The number of piperidine rings is 1. The lowest BCUT2D eigenvalue weighted by Crippen LogP contribution is -2.36. The minimum absolute atomic E-state index is 0.105. The molecule has 1 aromatic heterocycles. The Bertz CT molecular complexity index is 1140. The molecule has 0 radical (unpaired) electrons. The molecule has 9 heteroatoms. The molecule has 0 amide bonds. The van der Waals surface area contributed by atoms with E-state index in [1.807, 2.05) is 25.1 Å². The molecule has 3 aromatic rings. The highest BCUT2D eigenvalue weighted by molar-refractivity contribution is 7.90. The average Bonchev–Trinajstić information content (AvgIpc) is 3.27. The largest absolute Gasteiger partial charge is 0.290 e. The molecule has 2 heterocycles. The molecule has 1 aliphatic heterocycles. The maximum absolute atomic E-state index is 15.1. The van der Waals surface area contributed by atoms with Crippen molar-refractivity contribution in [2.75, 3.05) is 6.54 Å². The van der Waals surface area contributed by atoms with Gasteiger partial charge >= 0.3 is 0 Å². The van der Waals surface area contributed by atoms with Crippen molar-refractivity contribution in [3.8, 4) is 0 Å². The molecular weight excluding hydrogens is 440 g/mol. The second kappa shape index (κ2) is 9.10. The van der Waals surface area contributed by atoms with Crippen LogP contribution in [-0.2, 0) is 15.6 Å². The molecule has 1 aliphatic rings. The number of rotatable bonds is 6. The highest BCUT2D eigenvalue weighted by Crippen LogP contribution is 2.38. The van der Waals surface area contributed by atoms with Crippen LogP contribution in [-0.4, -0.2) is 29.2 Å². The number of hydrogen-bond donors (Lipinski definition) is 0. The van der Waals surface area contributed by atoms with Gasteiger partial charge in [0, 0.05) is 17.6 Å². The maximum Gasteiger partial charge on any atom is 0.187 e. The molecular formula is C22H23F2N3O2S2. The van der Waals surface area contributed by atoms with Crippen molar-refractivity contribution in [1.29, 1.82) is 0 Å². The summed E-state index contributed by atoms with van der Waals surface area (Å²) >= 11 is 0.916. The first-order chi connectivity index (χ1) is 14.9. The van der Waals surface area contributed by atoms with Crippen LogP contribution in [0.25, 0.3) is 0 Å². The van der Waals surface area contributed by atoms with Gasteiger partial charge in [-0.05, 0) is 55.5 Å². The number of sulfone groups is 1. The summed E-state index contributed by atoms with van der Waals surface area (Å²) in [7, 11) is -4.08. The normalized spacial score (nSPS) is 18.7. The van der Waals surface area contributed by atoms with Gasteiger partial charge in [0.25, 0.3) is 0 Å². The average molecular weight is 464 g/mol. The van der Waals surface area contributed by atoms with E-state index >= 15 is 4.39 Å². The van der Waals surface area contributed by atoms with Crippen molar-refractivity contribution in [2.24, 2.45) is 0 Å². The Balaban J connectivity index is 1.64. The van der Waals surface area contributed by atoms with Crippen LogP contribution in [0.1, 0.15) is 54.4 Å². The number of hydrogen-bond acceptors (Lipinski definition) is 6. The number of likely N-dealkylation sites (tertiary alicyclic amines) is 1. The lowest BCUT2D eigenvalue weighted by molar-refractivity contribution is 0.101. The third kappa shape index (κ3) is 4.68. The summed E-state index contributed by atoms with van der Waals surface area (Å²) in [4.78, 5) is 5.36. The van der Waals surface area contributed by atoms with Crippen molar-refractivity contribution in [1.82, 2.24) is 14.3 Å². The Labute approximate surface area is 184 Å². The topological polar surface area (TPSA) is 63.2 Å². The number of nitrogens with zero attached hydrogens (tertiary/aromatic N) is 3. The van der Waals surface area contributed by atoms with E-state index in [1.165, 1.54) is 6.33 Å². The van der Waals surface area contributed by atoms with E-state index < -0.39 is 38.2 Å². The molecule has 0 bridgehead atoms. The highest BCUT2D eigenvalue weighted by atomic mass is 32.2. The van der Waals surface area contributed by atoms with Crippen LogP contribution in [0.15, 0.2) is 53.7 Å². The second-order valence-electron chi connectivity index (χ2n) is 7.73. The molecule has 1 saturated heterocycles. The molecule has 2 aromatic carbocycles. The van der Waals surface area contributed by atoms with Crippen LogP contribution < -0.4 is 0 Å². The Morgan fingerprint density at radius 1 is 1.16 bits per heavy atom. The monoisotopic (exact) mass is 463 g/mol. The Morgan fingerprint density at radius 2 is 1.94 bits per heavy atom. The fraction of sp³-hybridized carbons (Fsp3) is 0.364. The van der Waals surface area contributed by atoms with Gasteiger partial charge in [-0.1, -0.05) is 36.8 Å². The van der Waals surface area contributed by atoms with E-state index in [-0.39, 0.29) is 16.6 Å². The SMILES string of the molecule is C[C@@H](c1cc(F)c(S(=O)(=O)Cc2ncns2)cc1F)N1CCCC[C@@H]1c1ccccc1. The lowest BCUT2D eigenvalue weighted by atomic mass is 9.92. The van der Waals surface area contributed by atoms with Crippen molar-refractivity contribution >= 4 is 21.4 Å². The summed E-state index contributed by atoms with van der Waals surface area (Å²) < 4.78 is 59.0. The summed E-state index contributed by atoms with van der Waals surface area (Å²) in [5, 5.41) is 0.233. The summed E-state index contributed by atoms with van der Waals surface area (Å²) in [6.45, 7) is 2.60. The number of aromatic nitrogens is 2. The van der Waals surface area contributed by atoms with E-state index in [1.54, 1.807) is 0 Å². The molecule has 2 atom stereocenters. The van der Waals surface area contributed by atoms with Gasteiger partial charge in [0.05, 0.1) is 0 Å². The van der Waals surface area contributed by atoms with Gasteiger partial charge < -0.3 is 0 Å². The van der Waals surface area contributed by atoms with E-state index in [9.17, 15) is 12.8 Å². The zero-order valence-electron chi connectivity index (χ0n) is 17.0. The van der Waals surface area contributed by atoms with Gasteiger partial charge in [-0.15, -0.1) is 0 Å². The van der Waals surface area contributed by atoms with Crippen molar-refractivity contribution in [3.05, 3.63) is 76.6 Å². The fourth-order valence-electron chi connectivity index (χ4n) is 4.23. The minimum atomic E-state index is -4.08. The highest BCUT2D eigenvalue weighted by Gasteiger charge is 2.31. The van der Waals surface area contributed by atoms with Gasteiger partial charge in [-0.2, -0.15) is 4.37 Å². The first-order valence-corrected chi connectivity index (χ1v) is 12.6. The smallest absolute Gasteiger partial charge is 0.187 e. The van der Waals surface area contributed by atoms with Crippen LogP contribution in [0.5, 0.6) is 0 Å². The van der Waals surface area contributed by atoms with Crippen molar-refractivity contribution in [2.45, 2.75) is 48.9 Å². The summed E-state index contributed by atoms with van der Waals surface area (Å²) in [5.41, 5.74) is 1.31. The molecule has 5 nitrogen and oxygen atoms in total. The minimum Gasteiger partial charge on any atom is -0.290 e. The molecule has 1 fully saturated rings. The van der Waals surface area contributed by atoms with Crippen molar-refractivity contribution in [3.63, 3.8) is 0 Å². The van der Waals surface area contributed by atoms with Crippen LogP contribution in [0.3, 0.4) is 0 Å². The third-order valence-electron chi connectivity index (χ3n) is 5.78. The maximum atomic E-state index is 15.1. The quantitative estimate of drug-likeness (QED) is 0.510. The first kappa shape index (κ1) is 22.0. The van der Waals surface area contributed by atoms with Crippen LogP contribution >= 0.6 is 11.5 Å². The van der Waals surface area contributed by atoms with E-state index in [0.717, 1.165) is 55.0 Å². The second-order valence-corrected chi connectivity index (χ2v) is 10.6. The van der Waals surface area contributed by atoms with Crippen LogP contribution in [0, 0.1) is 11.6 Å². The summed E-state index contributed by atoms with van der Waals surface area (Å²) in [6.07, 6.45) is 4.22. The first-order valence-electron chi connectivity index (χ1n) is 10.1. The summed E-state index contributed by atoms with van der Waals surface area (Å²) in [6, 6.07) is 11.5. The zero-order valence-corrected chi connectivity index (χ0v) is 18.7. The van der Waals surface area contributed by atoms with E-state index in [4.69, 9.17) is 0 Å². The van der Waals surface area contributed by atoms with Crippen molar-refractivity contribution < 1.29 is 17.2 Å². The molecule has 0 N–H and O–H groups in total. The predicted octanol–water partition coefficient (Wildman–Crippen LogP) is 5.08. The van der Waals surface area contributed by atoms with E-state index in [2.05, 4.69) is 26.4 Å². The Morgan fingerprint density at radius 3 is 2.65 bits per heavy atom. The van der Waals surface area contributed by atoms with Gasteiger partial charge in [0.2, 0.25) is 0 Å². The van der Waals surface area contributed by atoms with Crippen LogP contribution in [0.4, 0.5) is 8.78 Å². The lowest BCUT2D eigenvalue weighted by Gasteiger charge is -2.40. The van der Waals surface area contributed by atoms with Gasteiger partial charge in [-0.3, -0.25) is 4.90 Å². The molecule has 31 heavy (non-hydrogen) atoms. The molecule has 0 unspecified atom stereocenters. The number of halogens is 2. The standard InChI is InChI=1S/C22H23F2N3O2S2/c1-15(27-10-6-5-9-20(27)16-7-3-2-4-8-16)17-11-19(24)21(12-18(17)23)31(28,29)13-22-25-14-26-30-22/h2-4,7-8,11-12,14-15,20H,5-6,9-10,13H2,1H3/t15-,20+/m0/s1. The Kier molecular flexibility index (Phi) is 6.45. The third-order valence-corrected chi connectivity index (χ3v) is 8.26. The molecule has 4 rings (SSSR count). The van der Waals surface area contributed by atoms with E-state index in [0.29, 0.717) is 0 Å². The summed E-state index contributed by atoms with van der Waals surface area (Å²) in [5.74, 6) is -2.17. The fourth-order valence-corrected chi connectivity index (χ4v) is 6.41. The predicted molar refractivity (Wildman–Crippen MR) is 115 cm³/mol. The van der Waals surface area contributed by atoms with Gasteiger partial charge in [0.1, 0.15) is 33.6 Å².